The molecule has 0 aromatic heterocycles. The van der Waals surface area contributed by atoms with Gasteiger partial charge in [0, 0.05) is 16.3 Å². The molecular formula is C16H16FN3O2S. The summed E-state index contributed by atoms with van der Waals surface area (Å²) < 4.78 is 12.9. The van der Waals surface area contributed by atoms with Crippen LogP contribution in [0.5, 0.6) is 0 Å². The van der Waals surface area contributed by atoms with Crippen LogP contribution >= 0.6 is 11.8 Å². The molecule has 23 heavy (non-hydrogen) atoms. The van der Waals surface area contributed by atoms with E-state index in [2.05, 4.69) is 10.6 Å². The molecule has 0 spiro atoms. The summed E-state index contributed by atoms with van der Waals surface area (Å²) in [4.78, 5) is 23.9. The summed E-state index contributed by atoms with van der Waals surface area (Å²) in [5.41, 5.74) is 5.81. The molecule has 0 bridgehead atoms. The van der Waals surface area contributed by atoms with Gasteiger partial charge in [0.15, 0.2) is 0 Å². The molecule has 2 aromatic rings. The van der Waals surface area contributed by atoms with Crippen LogP contribution < -0.4 is 16.4 Å². The van der Waals surface area contributed by atoms with E-state index in [0.29, 0.717) is 6.54 Å². The molecule has 3 amide bonds. The smallest absolute Gasteiger partial charge is 0.312 e. The van der Waals surface area contributed by atoms with Crippen LogP contribution in [0.4, 0.5) is 9.18 Å². The molecule has 0 aliphatic carbocycles. The van der Waals surface area contributed by atoms with Gasteiger partial charge in [-0.15, -0.1) is 0 Å². The molecule has 0 heterocycles. The van der Waals surface area contributed by atoms with Gasteiger partial charge in [0.05, 0.1) is 6.54 Å². The summed E-state index contributed by atoms with van der Waals surface area (Å²) in [6, 6.07) is 13.2. The molecule has 2 rings (SSSR count). The van der Waals surface area contributed by atoms with Crippen molar-refractivity contribution in [3.63, 3.8) is 0 Å². The van der Waals surface area contributed by atoms with Gasteiger partial charge in [-0.1, -0.05) is 23.9 Å². The van der Waals surface area contributed by atoms with E-state index in [1.807, 2.05) is 24.3 Å². The van der Waals surface area contributed by atoms with Gasteiger partial charge in [-0.2, -0.15) is 0 Å². The second-order valence-electron chi connectivity index (χ2n) is 4.69. The summed E-state index contributed by atoms with van der Waals surface area (Å²) >= 11 is 1.53. The fraction of sp³-hybridized carbons (Fsp3) is 0.125. The predicted octanol–water partition coefficient (Wildman–Crippen LogP) is 2.26. The van der Waals surface area contributed by atoms with Gasteiger partial charge in [0.2, 0.25) is 5.91 Å². The number of nitrogens with two attached hydrogens (primary N) is 1. The Labute approximate surface area is 137 Å². The van der Waals surface area contributed by atoms with E-state index in [9.17, 15) is 14.0 Å². The highest BCUT2D eigenvalue weighted by Crippen LogP contribution is 2.27. The van der Waals surface area contributed by atoms with Crippen LogP contribution in [0.2, 0.25) is 0 Å². The van der Waals surface area contributed by atoms with E-state index >= 15 is 0 Å². The Morgan fingerprint density at radius 1 is 0.957 bits per heavy atom. The second kappa shape index (κ2) is 8.19. The van der Waals surface area contributed by atoms with Crippen LogP contribution in [0.3, 0.4) is 0 Å². The third kappa shape index (κ3) is 5.99. The van der Waals surface area contributed by atoms with Crippen molar-refractivity contribution in [2.45, 2.75) is 16.3 Å². The Bertz CT molecular complexity index is 675. The van der Waals surface area contributed by atoms with Crippen LogP contribution in [0.15, 0.2) is 58.3 Å². The van der Waals surface area contributed by atoms with Crippen molar-refractivity contribution >= 4 is 23.7 Å². The number of hydrogen-bond acceptors (Lipinski definition) is 3. The van der Waals surface area contributed by atoms with E-state index in [4.69, 9.17) is 5.73 Å². The van der Waals surface area contributed by atoms with E-state index in [1.165, 1.54) is 23.9 Å². The number of benzene rings is 2. The van der Waals surface area contributed by atoms with Gasteiger partial charge in [-0.25, -0.2) is 9.18 Å². The second-order valence-corrected chi connectivity index (χ2v) is 5.84. The van der Waals surface area contributed by atoms with Crippen LogP contribution in [0.25, 0.3) is 0 Å². The van der Waals surface area contributed by atoms with E-state index in [-0.39, 0.29) is 18.3 Å². The summed E-state index contributed by atoms with van der Waals surface area (Å²) in [7, 11) is 0. The van der Waals surface area contributed by atoms with Crippen LogP contribution in [0, 0.1) is 5.82 Å². The van der Waals surface area contributed by atoms with Crippen molar-refractivity contribution in [2.75, 3.05) is 6.54 Å². The fourth-order valence-electron chi connectivity index (χ4n) is 1.74. The average molecular weight is 333 g/mol. The van der Waals surface area contributed by atoms with Crippen molar-refractivity contribution in [3.05, 3.63) is 59.9 Å². The van der Waals surface area contributed by atoms with E-state index in [1.54, 1.807) is 12.1 Å². The standard InChI is InChI=1S/C16H16FN3O2S/c17-12-3-7-14(8-4-12)23-13-5-1-11(2-6-13)9-19-15(21)10-20-16(18)22/h1-8H,9-10H2,(H,19,21)(H3,18,20,22). The van der Waals surface area contributed by atoms with Crippen LogP contribution in [0.1, 0.15) is 5.56 Å². The highest BCUT2D eigenvalue weighted by atomic mass is 32.2. The van der Waals surface area contributed by atoms with Gasteiger partial charge in [-0.05, 0) is 42.0 Å². The lowest BCUT2D eigenvalue weighted by Gasteiger charge is -2.07. The zero-order valence-electron chi connectivity index (χ0n) is 12.2. The lowest BCUT2D eigenvalue weighted by atomic mass is 10.2. The maximum Gasteiger partial charge on any atom is 0.312 e. The highest BCUT2D eigenvalue weighted by molar-refractivity contribution is 7.99. The first-order valence-corrected chi connectivity index (χ1v) is 7.67. The molecule has 0 fully saturated rings. The highest BCUT2D eigenvalue weighted by Gasteiger charge is 2.03. The first-order valence-electron chi connectivity index (χ1n) is 6.85. The number of carbonyl (C=O) groups excluding carboxylic acids is 2. The first-order chi connectivity index (χ1) is 11.0. The number of hydrogen-bond donors (Lipinski definition) is 3. The van der Waals surface area contributed by atoms with Gasteiger partial charge in [0.1, 0.15) is 5.82 Å². The minimum Gasteiger partial charge on any atom is -0.352 e. The Kier molecular flexibility index (Phi) is 5.99. The van der Waals surface area contributed by atoms with Crippen LogP contribution in [-0.2, 0) is 11.3 Å². The molecule has 4 N–H and O–H groups in total. The third-order valence-corrected chi connectivity index (χ3v) is 3.90. The number of nitrogens with one attached hydrogen (secondary N) is 2. The number of amides is 3. The predicted molar refractivity (Wildman–Crippen MR) is 86.4 cm³/mol. The van der Waals surface area contributed by atoms with Crippen LogP contribution in [-0.4, -0.2) is 18.5 Å². The van der Waals surface area contributed by atoms with Gasteiger partial charge in [-0.3, -0.25) is 4.79 Å². The van der Waals surface area contributed by atoms with Crippen molar-refractivity contribution < 1.29 is 14.0 Å². The minimum atomic E-state index is -0.734. The normalized spacial score (nSPS) is 10.1. The Morgan fingerprint density at radius 2 is 1.52 bits per heavy atom. The monoisotopic (exact) mass is 333 g/mol. The lowest BCUT2D eigenvalue weighted by molar-refractivity contribution is -0.120. The Balaban J connectivity index is 1.83. The SMILES string of the molecule is NC(=O)NCC(=O)NCc1ccc(Sc2ccc(F)cc2)cc1. The summed E-state index contributed by atoms with van der Waals surface area (Å²) in [5.74, 6) is -0.570. The number of halogens is 1. The van der Waals surface area contributed by atoms with Crippen molar-refractivity contribution in [3.8, 4) is 0 Å². The summed E-state index contributed by atoms with van der Waals surface area (Å²) in [6.07, 6.45) is 0. The van der Waals surface area contributed by atoms with Gasteiger partial charge in [0.25, 0.3) is 0 Å². The lowest BCUT2D eigenvalue weighted by Crippen LogP contribution is -2.39. The van der Waals surface area contributed by atoms with Gasteiger partial charge < -0.3 is 16.4 Å². The largest absolute Gasteiger partial charge is 0.352 e. The minimum absolute atomic E-state index is 0.145. The summed E-state index contributed by atoms with van der Waals surface area (Å²) in [5, 5.41) is 4.89. The zero-order valence-corrected chi connectivity index (χ0v) is 13.0. The summed E-state index contributed by atoms with van der Waals surface area (Å²) in [6.45, 7) is 0.217. The maximum absolute atomic E-state index is 12.9. The number of primary amides is 1. The molecule has 0 aliphatic heterocycles. The molecule has 0 aliphatic rings. The Morgan fingerprint density at radius 3 is 2.09 bits per heavy atom. The molecule has 0 saturated carbocycles. The molecule has 7 heteroatoms. The number of rotatable bonds is 6. The molecule has 120 valence electrons. The van der Waals surface area contributed by atoms with Crippen molar-refractivity contribution in [1.82, 2.24) is 10.6 Å². The maximum atomic E-state index is 12.9. The fourth-order valence-corrected chi connectivity index (χ4v) is 2.56. The number of carbonyl (C=O) groups is 2. The zero-order chi connectivity index (χ0) is 16.7. The molecule has 5 nitrogen and oxygen atoms in total. The van der Waals surface area contributed by atoms with Crippen molar-refractivity contribution in [2.24, 2.45) is 5.73 Å². The molecular weight excluding hydrogens is 317 g/mol. The number of urea groups is 1. The van der Waals surface area contributed by atoms with Gasteiger partial charge >= 0.3 is 6.03 Å². The molecule has 2 aromatic carbocycles. The third-order valence-electron chi connectivity index (χ3n) is 2.89. The molecule has 0 radical (unpaired) electrons. The quantitative estimate of drug-likeness (QED) is 0.758. The van der Waals surface area contributed by atoms with E-state index in [0.717, 1.165) is 15.4 Å². The van der Waals surface area contributed by atoms with E-state index < -0.39 is 6.03 Å². The first kappa shape index (κ1) is 16.8. The molecule has 0 saturated heterocycles. The topological polar surface area (TPSA) is 84.2 Å². The molecule has 0 unspecified atom stereocenters. The average Bonchev–Trinajstić information content (AvgIpc) is 2.54. The Hall–Kier alpha value is -2.54. The molecule has 0 atom stereocenters. The van der Waals surface area contributed by atoms with Crippen molar-refractivity contribution in [1.29, 1.82) is 0 Å².